The van der Waals surface area contributed by atoms with Crippen LogP contribution < -0.4 is 4.90 Å². The molecule has 0 unspecified atom stereocenters. The molecule has 5 rings (SSSR count). The number of carbonyl (C=O) groups is 1. The minimum absolute atomic E-state index is 0.0989. The van der Waals surface area contributed by atoms with Crippen LogP contribution in [-0.4, -0.2) is 46.5 Å². The van der Waals surface area contributed by atoms with Crippen LogP contribution in [0.15, 0.2) is 71.0 Å². The van der Waals surface area contributed by atoms with Crippen molar-refractivity contribution in [2.24, 2.45) is 0 Å². The molecule has 29 heavy (non-hydrogen) atoms. The molecule has 0 spiro atoms. The van der Waals surface area contributed by atoms with Gasteiger partial charge in [-0.3, -0.25) is 4.79 Å². The summed E-state index contributed by atoms with van der Waals surface area (Å²) in [4.78, 5) is 21.9. The summed E-state index contributed by atoms with van der Waals surface area (Å²) < 4.78 is 2.03. The molecule has 1 aliphatic rings. The number of amides is 1. The highest BCUT2D eigenvalue weighted by Crippen LogP contribution is 2.29. The van der Waals surface area contributed by atoms with Crippen LogP contribution in [0.3, 0.4) is 0 Å². The standard InChI is InChI=1S/C22H20N4OS2/c27-21(17-3-5-19(6-4-17)24-8-1-2-9-24)25-10-12-26(13-11-25)22-23-20(16-29-22)18-7-14-28-15-18/h1-9,14-16H,10-13H2. The Morgan fingerprint density at radius 2 is 1.69 bits per heavy atom. The minimum atomic E-state index is 0.0989. The Kier molecular flexibility index (Phi) is 4.91. The topological polar surface area (TPSA) is 41.4 Å². The Hall–Kier alpha value is -2.90. The average Bonchev–Trinajstić information content (AvgIpc) is 3.55. The molecule has 7 heteroatoms. The maximum atomic E-state index is 12.9. The molecule has 0 N–H and O–H groups in total. The molecule has 146 valence electrons. The summed E-state index contributed by atoms with van der Waals surface area (Å²) in [5.41, 5.74) is 4.01. The minimum Gasteiger partial charge on any atom is -0.345 e. The second-order valence-corrected chi connectivity index (χ2v) is 8.56. The summed E-state index contributed by atoms with van der Waals surface area (Å²) in [7, 11) is 0. The molecule has 1 saturated heterocycles. The van der Waals surface area contributed by atoms with Gasteiger partial charge in [0.15, 0.2) is 5.13 Å². The summed E-state index contributed by atoms with van der Waals surface area (Å²) in [6.45, 7) is 3.05. The summed E-state index contributed by atoms with van der Waals surface area (Å²) >= 11 is 3.36. The number of benzene rings is 1. The van der Waals surface area contributed by atoms with Gasteiger partial charge in [-0.15, -0.1) is 11.3 Å². The van der Waals surface area contributed by atoms with Gasteiger partial charge in [-0.2, -0.15) is 11.3 Å². The molecule has 1 fully saturated rings. The molecule has 0 saturated carbocycles. The molecular weight excluding hydrogens is 400 g/mol. The Bertz CT molecular complexity index is 1080. The first kappa shape index (κ1) is 18.1. The highest BCUT2D eigenvalue weighted by Gasteiger charge is 2.24. The van der Waals surface area contributed by atoms with Crippen LogP contribution in [0.25, 0.3) is 16.9 Å². The largest absolute Gasteiger partial charge is 0.345 e. The van der Waals surface area contributed by atoms with Crippen LogP contribution in [0.5, 0.6) is 0 Å². The van der Waals surface area contributed by atoms with Gasteiger partial charge in [0.05, 0.1) is 5.69 Å². The second-order valence-electron chi connectivity index (χ2n) is 6.94. The van der Waals surface area contributed by atoms with Crippen molar-refractivity contribution in [1.29, 1.82) is 0 Å². The molecular formula is C22H20N4OS2. The third kappa shape index (κ3) is 3.71. The van der Waals surface area contributed by atoms with Crippen LogP contribution in [0, 0.1) is 0 Å². The highest BCUT2D eigenvalue weighted by atomic mass is 32.1. The SMILES string of the molecule is O=C(c1ccc(-n2cccc2)cc1)N1CCN(c2nc(-c3ccsc3)cs2)CC1. The van der Waals surface area contributed by atoms with Gasteiger partial charge in [-0.1, -0.05) is 0 Å². The van der Waals surface area contributed by atoms with Crippen LogP contribution in [0.4, 0.5) is 5.13 Å². The predicted molar refractivity (Wildman–Crippen MR) is 119 cm³/mol. The summed E-state index contributed by atoms with van der Waals surface area (Å²) in [5.74, 6) is 0.0989. The Labute approximate surface area is 177 Å². The molecule has 4 heterocycles. The molecule has 0 aliphatic carbocycles. The lowest BCUT2D eigenvalue weighted by Gasteiger charge is -2.34. The zero-order valence-corrected chi connectivity index (χ0v) is 17.4. The van der Waals surface area contributed by atoms with Crippen molar-refractivity contribution in [2.75, 3.05) is 31.1 Å². The van der Waals surface area contributed by atoms with Gasteiger partial charge in [0.1, 0.15) is 0 Å². The van der Waals surface area contributed by atoms with Gasteiger partial charge in [0, 0.05) is 66.1 Å². The van der Waals surface area contributed by atoms with Crippen molar-refractivity contribution in [1.82, 2.24) is 14.5 Å². The van der Waals surface area contributed by atoms with E-state index in [9.17, 15) is 4.79 Å². The van der Waals surface area contributed by atoms with E-state index in [0.717, 1.165) is 35.2 Å². The molecule has 0 bridgehead atoms. The number of anilines is 1. The number of piperazine rings is 1. The van der Waals surface area contributed by atoms with E-state index in [2.05, 4.69) is 27.1 Å². The molecule has 1 aromatic carbocycles. The van der Waals surface area contributed by atoms with Gasteiger partial charge >= 0.3 is 0 Å². The van der Waals surface area contributed by atoms with Crippen molar-refractivity contribution in [2.45, 2.75) is 0 Å². The van der Waals surface area contributed by atoms with E-state index in [1.807, 2.05) is 58.3 Å². The number of aromatic nitrogens is 2. The molecule has 5 nitrogen and oxygen atoms in total. The first-order valence-electron chi connectivity index (χ1n) is 9.54. The predicted octanol–water partition coefficient (Wildman–Crippen LogP) is 4.62. The van der Waals surface area contributed by atoms with Crippen LogP contribution in [-0.2, 0) is 0 Å². The first-order chi connectivity index (χ1) is 14.3. The summed E-state index contributed by atoms with van der Waals surface area (Å²) in [6, 6.07) is 13.9. The normalized spacial score (nSPS) is 14.3. The van der Waals surface area contributed by atoms with Gasteiger partial charge in [0.25, 0.3) is 5.91 Å². The van der Waals surface area contributed by atoms with Gasteiger partial charge in [-0.25, -0.2) is 4.98 Å². The molecule has 3 aromatic heterocycles. The van der Waals surface area contributed by atoms with Crippen molar-refractivity contribution < 1.29 is 4.79 Å². The van der Waals surface area contributed by atoms with E-state index < -0.39 is 0 Å². The third-order valence-corrected chi connectivity index (χ3v) is 6.75. The molecule has 1 aliphatic heterocycles. The van der Waals surface area contributed by atoms with Crippen molar-refractivity contribution in [3.05, 3.63) is 76.6 Å². The summed E-state index contributed by atoms with van der Waals surface area (Å²) in [5, 5.41) is 7.34. The van der Waals surface area contributed by atoms with Crippen LogP contribution in [0.1, 0.15) is 10.4 Å². The number of carbonyl (C=O) groups excluding carboxylic acids is 1. The average molecular weight is 421 g/mol. The molecule has 0 atom stereocenters. The fourth-order valence-electron chi connectivity index (χ4n) is 3.52. The zero-order valence-electron chi connectivity index (χ0n) is 15.8. The maximum absolute atomic E-state index is 12.9. The van der Waals surface area contributed by atoms with E-state index >= 15 is 0 Å². The lowest BCUT2D eigenvalue weighted by atomic mass is 10.1. The number of thiophene rings is 1. The summed E-state index contributed by atoms with van der Waals surface area (Å²) in [6.07, 6.45) is 4.00. The number of hydrogen-bond donors (Lipinski definition) is 0. The van der Waals surface area contributed by atoms with E-state index in [-0.39, 0.29) is 5.91 Å². The molecule has 4 aromatic rings. The number of rotatable bonds is 4. The Morgan fingerprint density at radius 3 is 2.38 bits per heavy atom. The molecule has 1 amide bonds. The van der Waals surface area contributed by atoms with Gasteiger partial charge in [-0.05, 0) is 47.8 Å². The lowest BCUT2D eigenvalue weighted by Crippen LogP contribution is -2.48. The van der Waals surface area contributed by atoms with E-state index in [1.165, 1.54) is 5.56 Å². The van der Waals surface area contributed by atoms with E-state index in [4.69, 9.17) is 4.98 Å². The number of nitrogens with zero attached hydrogens (tertiary/aromatic N) is 4. The second kappa shape index (κ2) is 7.85. The highest BCUT2D eigenvalue weighted by molar-refractivity contribution is 7.14. The maximum Gasteiger partial charge on any atom is 0.253 e. The smallest absolute Gasteiger partial charge is 0.253 e. The number of thiazole rings is 1. The van der Waals surface area contributed by atoms with E-state index in [0.29, 0.717) is 13.1 Å². The van der Waals surface area contributed by atoms with Crippen LogP contribution >= 0.6 is 22.7 Å². The van der Waals surface area contributed by atoms with E-state index in [1.54, 1.807) is 22.7 Å². The number of hydrogen-bond acceptors (Lipinski definition) is 5. The third-order valence-electron chi connectivity index (χ3n) is 5.16. The van der Waals surface area contributed by atoms with Crippen molar-refractivity contribution in [3.63, 3.8) is 0 Å². The van der Waals surface area contributed by atoms with Gasteiger partial charge < -0.3 is 14.4 Å². The first-order valence-corrected chi connectivity index (χ1v) is 11.4. The molecule has 0 radical (unpaired) electrons. The van der Waals surface area contributed by atoms with Crippen LogP contribution in [0.2, 0.25) is 0 Å². The quantitative estimate of drug-likeness (QED) is 0.484. The zero-order chi connectivity index (χ0) is 19.6. The van der Waals surface area contributed by atoms with Crippen molar-refractivity contribution >= 4 is 33.7 Å². The monoisotopic (exact) mass is 420 g/mol. The van der Waals surface area contributed by atoms with Crippen molar-refractivity contribution in [3.8, 4) is 16.9 Å². The Balaban J connectivity index is 1.22. The van der Waals surface area contributed by atoms with Gasteiger partial charge in [0.2, 0.25) is 0 Å². The Morgan fingerprint density at radius 1 is 0.931 bits per heavy atom. The fourth-order valence-corrected chi connectivity index (χ4v) is 5.06. The lowest BCUT2D eigenvalue weighted by molar-refractivity contribution is 0.0747. The fraction of sp³-hybridized carbons (Fsp3) is 0.182.